The van der Waals surface area contributed by atoms with Gasteiger partial charge in [-0.1, -0.05) is 48.5 Å². The maximum atomic E-state index is 14.1. The van der Waals surface area contributed by atoms with Gasteiger partial charge in [0.1, 0.15) is 17.8 Å². The standard InChI is InChI=1S/C30H26N4O4/c1-3-15-31-28(35)21-12-5-7-14-24(21)34-29(36)25-17-22-20-11-4-6-13-23(20)32-26(22)27(33(25)30(34)37)18-9-8-10-19(16-18)38-2/h3-14,16,25,27,32H,1,15,17H2,2H3,(H,31,35)/t25-,27?/m0/s1. The third kappa shape index (κ3) is 3.56. The molecular formula is C30H26N4O4. The van der Waals surface area contributed by atoms with Crippen LogP contribution in [0.3, 0.4) is 0 Å². The predicted molar refractivity (Wildman–Crippen MR) is 144 cm³/mol. The molecule has 0 radical (unpaired) electrons. The van der Waals surface area contributed by atoms with E-state index in [0.717, 1.165) is 32.6 Å². The van der Waals surface area contributed by atoms with E-state index in [2.05, 4.69) is 16.9 Å². The first-order chi connectivity index (χ1) is 18.5. The average molecular weight is 507 g/mol. The molecule has 8 heteroatoms. The topological polar surface area (TPSA) is 94.7 Å². The maximum absolute atomic E-state index is 14.1. The lowest BCUT2D eigenvalue weighted by atomic mass is 9.89. The highest BCUT2D eigenvalue weighted by molar-refractivity contribution is 6.24. The van der Waals surface area contributed by atoms with Crippen LogP contribution in [0.1, 0.15) is 33.2 Å². The Bertz CT molecular complexity index is 1610. The van der Waals surface area contributed by atoms with Gasteiger partial charge in [-0.15, -0.1) is 6.58 Å². The normalized spacial score (nSPS) is 18.3. The minimum Gasteiger partial charge on any atom is -0.497 e. The average Bonchev–Trinajstić information content (AvgIpc) is 3.44. The zero-order valence-electron chi connectivity index (χ0n) is 20.8. The second-order valence-corrected chi connectivity index (χ2v) is 9.34. The molecule has 1 fully saturated rings. The van der Waals surface area contributed by atoms with E-state index in [1.165, 1.54) is 0 Å². The zero-order valence-corrected chi connectivity index (χ0v) is 20.8. The number of rotatable bonds is 6. The second kappa shape index (κ2) is 9.23. The minimum atomic E-state index is -0.727. The van der Waals surface area contributed by atoms with Crippen molar-refractivity contribution in [1.29, 1.82) is 0 Å². The fourth-order valence-corrected chi connectivity index (χ4v) is 5.58. The number of nitrogens with one attached hydrogen (secondary N) is 2. The number of methoxy groups -OCH3 is 1. The van der Waals surface area contributed by atoms with Gasteiger partial charge in [-0.3, -0.25) is 14.5 Å². The first-order valence-corrected chi connectivity index (χ1v) is 12.4. The molecule has 2 atom stereocenters. The maximum Gasteiger partial charge on any atom is 0.332 e. The van der Waals surface area contributed by atoms with Crippen molar-refractivity contribution >= 4 is 34.4 Å². The number of carbonyl (C=O) groups is 3. The highest BCUT2D eigenvalue weighted by Gasteiger charge is 2.53. The lowest BCUT2D eigenvalue weighted by molar-refractivity contribution is -0.120. The highest BCUT2D eigenvalue weighted by atomic mass is 16.5. The fraction of sp³-hybridized carbons (Fsp3) is 0.167. The smallest absolute Gasteiger partial charge is 0.332 e. The summed E-state index contributed by atoms with van der Waals surface area (Å²) in [6.45, 7) is 3.90. The molecule has 1 unspecified atom stereocenters. The van der Waals surface area contributed by atoms with Crippen LogP contribution in [0.25, 0.3) is 10.9 Å². The van der Waals surface area contributed by atoms with E-state index in [1.54, 1.807) is 42.4 Å². The third-order valence-electron chi connectivity index (χ3n) is 7.26. The molecule has 2 aliphatic rings. The minimum absolute atomic E-state index is 0.248. The molecule has 0 bridgehead atoms. The number of aromatic nitrogens is 1. The summed E-state index contributed by atoms with van der Waals surface area (Å²) >= 11 is 0. The van der Waals surface area contributed by atoms with E-state index in [0.29, 0.717) is 12.2 Å². The van der Waals surface area contributed by atoms with Crippen molar-refractivity contribution < 1.29 is 19.1 Å². The van der Waals surface area contributed by atoms with Crippen molar-refractivity contribution in [1.82, 2.24) is 15.2 Å². The van der Waals surface area contributed by atoms with Gasteiger partial charge in [0.2, 0.25) is 0 Å². The molecule has 0 saturated carbocycles. The monoisotopic (exact) mass is 506 g/mol. The van der Waals surface area contributed by atoms with Crippen LogP contribution in [-0.2, 0) is 11.2 Å². The van der Waals surface area contributed by atoms with E-state index in [9.17, 15) is 14.4 Å². The molecule has 6 rings (SSSR count). The van der Waals surface area contributed by atoms with Gasteiger partial charge in [0.15, 0.2) is 0 Å². The number of H-pyrrole nitrogens is 1. The van der Waals surface area contributed by atoms with Crippen LogP contribution in [0.5, 0.6) is 5.75 Å². The number of benzene rings is 3. The van der Waals surface area contributed by atoms with Gasteiger partial charge in [0.25, 0.3) is 11.8 Å². The molecule has 2 aliphatic heterocycles. The number of aromatic amines is 1. The molecule has 190 valence electrons. The first-order valence-electron chi connectivity index (χ1n) is 12.4. The van der Waals surface area contributed by atoms with Gasteiger partial charge in [-0.05, 0) is 41.5 Å². The van der Waals surface area contributed by atoms with Crippen molar-refractivity contribution in [2.45, 2.75) is 18.5 Å². The van der Waals surface area contributed by atoms with Gasteiger partial charge < -0.3 is 15.0 Å². The van der Waals surface area contributed by atoms with E-state index in [4.69, 9.17) is 4.74 Å². The number of carbonyl (C=O) groups excluding carboxylic acids is 3. The van der Waals surface area contributed by atoms with E-state index in [-0.39, 0.29) is 29.6 Å². The molecule has 1 saturated heterocycles. The molecule has 0 aliphatic carbocycles. The Kier molecular flexibility index (Phi) is 5.72. The number of fused-ring (bicyclic) bond motifs is 4. The van der Waals surface area contributed by atoms with Crippen LogP contribution in [0.15, 0.2) is 85.5 Å². The van der Waals surface area contributed by atoms with Crippen molar-refractivity contribution in [3.05, 3.63) is 108 Å². The second-order valence-electron chi connectivity index (χ2n) is 9.34. The molecule has 1 aromatic heterocycles. The molecule has 2 N–H and O–H groups in total. The Labute approximate surface area is 219 Å². The number of urea groups is 1. The summed E-state index contributed by atoms with van der Waals surface area (Å²) in [5, 5.41) is 3.77. The van der Waals surface area contributed by atoms with Crippen molar-refractivity contribution in [3.63, 3.8) is 0 Å². The molecule has 8 nitrogen and oxygen atoms in total. The molecular weight excluding hydrogens is 480 g/mol. The quantitative estimate of drug-likeness (QED) is 0.296. The number of amides is 4. The molecule has 3 aromatic carbocycles. The van der Waals surface area contributed by atoms with E-state index >= 15 is 0 Å². The summed E-state index contributed by atoms with van der Waals surface area (Å²) in [6.07, 6.45) is 1.94. The number of ether oxygens (including phenoxy) is 1. The summed E-state index contributed by atoms with van der Waals surface area (Å²) < 4.78 is 5.47. The van der Waals surface area contributed by atoms with Crippen LogP contribution in [0.4, 0.5) is 10.5 Å². The van der Waals surface area contributed by atoms with Crippen molar-refractivity contribution in [3.8, 4) is 5.75 Å². The SMILES string of the molecule is C=CCNC(=O)c1ccccc1N1C(=O)[C@@H]2Cc3c([nH]c4ccccc34)C(c3cccc(OC)c3)N2C1=O. The van der Waals surface area contributed by atoms with E-state index in [1.807, 2.05) is 48.5 Å². The van der Waals surface area contributed by atoms with Gasteiger partial charge >= 0.3 is 6.03 Å². The van der Waals surface area contributed by atoms with Crippen molar-refractivity contribution in [2.24, 2.45) is 0 Å². The number of imide groups is 1. The lowest BCUT2D eigenvalue weighted by Gasteiger charge is -2.36. The summed E-state index contributed by atoms with van der Waals surface area (Å²) in [6, 6.07) is 20.4. The van der Waals surface area contributed by atoms with Gasteiger partial charge in [0, 0.05) is 29.6 Å². The van der Waals surface area contributed by atoms with Gasteiger partial charge in [0.05, 0.1) is 18.4 Å². The van der Waals surface area contributed by atoms with Crippen LogP contribution < -0.4 is 15.0 Å². The van der Waals surface area contributed by atoms with Crippen LogP contribution in [-0.4, -0.2) is 47.4 Å². The number of hydrogen-bond acceptors (Lipinski definition) is 4. The number of para-hydroxylation sites is 2. The molecule has 4 amide bonds. The van der Waals surface area contributed by atoms with Crippen LogP contribution >= 0.6 is 0 Å². The number of anilines is 1. The van der Waals surface area contributed by atoms with E-state index < -0.39 is 18.1 Å². The third-order valence-corrected chi connectivity index (χ3v) is 7.26. The highest BCUT2D eigenvalue weighted by Crippen LogP contribution is 2.45. The van der Waals surface area contributed by atoms with Crippen molar-refractivity contribution in [2.75, 3.05) is 18.6 Å². The Hall–Kier alpha value is -4.85. The summed E-state index contributed by atoms with van der Waals surface area (Å²) in [4.78, 5) is 47.3. The molecule has 3 heterocycles. The van der Waals surface area contributed by atoms with Crippen LogP contribution in [0, 0.1) is 0 Å². The van der Waals surface area contributed by atoms with Gasteiger partial charge in [-0.25, -0.2) is 9.69 Å². The largest absolute Gasteiger partial charge is 0.497 e. The summed E-state index contributed by atoms with van der Waals surface area (Å²) in [7, 11) is 1.60. The number of hydrogen-bond donors (Lipinski definition) is 2. The Morgan fingerprint density at radius 1 is 1.11 bits per heavy atom. The van der Waals surface area contributed by atoms with Crippen LogP contribution in [0.2, 0.25) is 0 Å². The Morgan fingerprint density at radius 2 is 1.89 bits per heavy atom. The first kappa shape index (κ1) is 23.5. The predicted octanol–water partition coefficient (Wildman–Crippen LogP) is 4.58. The Morgan fingerprint density at radius 3 is 2.71 bits per heavy atom. The Balaban J connectivity index is 1.50. The lowest BCUT2D eigenvalue weighted by Crippen LogP contribution is -2.44. The summed E-state index contributed by atoms with van der Waals surface area (Å²) in [5.74, 6) is -0.0873. The fourth-order valence-electron chi connectivity index (χ4n) is 5.58. The molecule has 0 spiro atoms. The molecule has 38 heavy (non-hydrogen) atoms. The molecule has 4 aromatic rings. The summed E-state index contributed by atoms with van der Waals surface area (Å²) in [5.41, 5.74) is 4.16. The van der Waals surface area contributed by atoms with Gasteiger partial charge in [-0.2, -0.15) is 0 Å². The zero-order chi connectivity index (χ0) is 26.4. The number of nitrogens with zero attached hydrogens (tertiary/aromatic N) is 2.